The van der Waals surface area contributed by atoms with Crippen molar-refractivity contribution in [3.63, 3.8) is 0 Å². The van der Waals surface area contributed by atoms with Crippen molar-refractivity contribution in [3.8, 4) is 5.69 Å². The number of para-hydroxylation sites is 1. The lowest BCUT2D eigenvalue weighted by atomic mass is 9.87. The van der Waals surface area contributed by atoms with Crippen LogP contribution < -0.4 is 5.73 Å². The highest BCUT2D eigenvalue weighted by molar-refractivity contribution is 6.32. The molecule has 0 spiro atoms. The van der Waals surface area contributed by atoms with Gasteiger partial charge in [-0.25, -0.2) is 4.98 Å². The molecular weight excluding hydrogens is 408 g/mol. The van der Waals surface area contributed by atoms with Crippen molar-refractivity contribution in [1.82, 2.24) is 14.5 Å². The van der Waals surface area contributed by atoms with Crippen LogP contribution in [0.25, 0.3) is 16.7 Å². The number of benzene rings is 2. The summed E-state index contributed by atoms with van der Waals surface area (Å²) in [5.74, 6) is 0.927. The monoisotopic (exact) mass is 436 g/mol. The molecule has 1 saturated heterocycles. The van der Waals surface area contributed by atoms with Crippen molar-refractivity contribution < 1.29 is 4.79 Å². The van der Waals surface area contributed by atoms with E-state index in [9.17, 15) is 4.79 Å². The smallest absolute Gasteiger partial charge is 0.220 e. The van der Waals surface area contributed by atoms with Gasteiger partial charge < -0.3 is 5.73 Å². The van der Waals surface area contributed by atoms with E-state index in [1.165, 1.54) is 12.8 Å². The number of imidazole rings is 1. The zero-order valence-corrected chi connectivity index (χ0v) is 18.7. The van der Waals surface area contributed by atoms with Crippen LogP contribution in [0.4, 0.5) is 0 Å². The first-order chi connectivity index (χ1) is 15.0. The third-order valence-corrected chi connectivity index (χ3v) is 7.71. The third kappa shape index (κ3) is 3.44. The van der Waals surface area contributed by atoms with Crippen LogP contribution in [0.2, 0.25) is 5.02 Å². The fourth-order valence-electron chi connectivity index (χ4n) is 5.59. The molecule has 162 valence electrons. The van der Waals surface area contributed by atoms with E-state index >= 15 is 0 Å². The number of carbonyl (C=O) groups is 1. The van der Waals surface area contributed by atoms with Crippen LogP contribution in [-0.2, 0) is 10.3 Å². The number of primary amides is 1. The van der Waals surface area contributed by atoms with Crippen molar-refractivity contribution in [2.45, 2.75) is 51.0 Å². The molecular formula is C25H29ClN4O. The first-order valence-electron chi connectivity index (χ1n) is 11.3. The van der Waals surface area contributed by atoms with Gasteiger partial charge in [0.25, 0.3) is 0 Å². The number of rotatable bonds is 4. The molecule has 0 bridgehead atoms. The summed E-state index contributed by atoms with van der Waals surface area (Å²) in [5.41, 5.74) is 9.66. The number of hydrogen-bond donors (Lipinski definition) is 1. The number of hydrogen-bond acceptors (Lipinski definition) is 3. The minimum absolute atomic E-state index is 0.0101. The standard InChI is InChI=1S/C25H29ClN4O/c1-17-15-21-22(16-20(17)26)30(19-7-3-2-4-8-19)24(28-21)25(11-5-6-12-25)29-13-9-18(10-14-29)23(27)31/h2-4,7-8,15-16,18H,5-6,9-14H2,1H3,(H2,27,31). The molecule has 1 saturated carbocycles. The summed E-state index contributed by atoms with van der Waals surface area (Å²) >= 11 is 6.55. The molecule has 5 rings (SSSR count). The van der Waals surface area contributed by atoms with E-state index in [4.69, 9.17) is 22.3 Å². The highest BCUT2D eigenvalue weighted by Gasteiger charge is 2.46. The Balaban J connectivity index is 1.68. The second kappa shape index (κ2) is 7.95. The molecule has 5 nitrogen and oxygen atoms in total. The van der Waals surface area contributed by atoms with E-state index in [0.29, 0.717) is 0 Å². The fourth-order valence-corrected chi connectivity index (χ4v) is 5.74. The van der Waals surface area contributed by atoms with Crippen LogP contribution >= 0.6 is 11.6 Å². The van der Waals surface area contributed by atoms with Gasteiger partial charge in [0.05, 0.1) is 16.6 Å². The molecule has 1 aromatic heterocycles. The Bertz CT molecular complexity index is 1110. The molecule has 2 N–H and O–H groups in total. The number of fused-ring (bicyclic) bond motifs is 1. The van der Waals surface area contributed by atoms with Crippen molar-refractivity contribution in [2.24, 2.45) is 11.7 Å². The first kappa shape index (κ1) is 20.5. The number of halogens is 1. The van der Waals surface area contributed by atoms with Gasteiger partial charge in [0.15, 0.2) is 0 Å². The summed E-state index contributed by atoms with van der Waals surface area (Å²) < 4.78 is 2.31. The number of nitrogens with zero attached hydrogens (tertiary/aromatic N) is 3. The van der Waals surface area contributed by atoms with Gasteiger partial charge in [-0.3, -0.25) is 14.3 Å². The molecule has 1 aliphatic carbocycles. The normalized spacial score (nSPS) is 19.8. The molecule has 2 aliphatic rings. The zero-order valence-electron chi connectivity index (χ0n) is 18.0. The summed E-state index contributed by atoms with van der Waals surface area (Å²) in [6.45, 7) is 3.79. The highest BCUT2D eigenvalue weighted by Crippen LogP contribution is 2.46. The zero-order chi connectivity index (χ0) is 21.6. The Labute approximate surface area is 188 Å². The van der Waals surface area contributed by atoms with Gasteiger partial charge in [0.2, 0.25) is 5.91 Å². The van der Waals surface area contributed by atoms with Gasteiger partial charge in [-0.2, -0.15) is 0 Å². The van der Waals surface area contributed by atoms with Crippen molar-refractivity contribution >= 4 is 28.5 Å². The fraction of sp³-hybridized carbons (Fsp3) is 0.440. The van der Waals surface area contributed by atoms with Crippen molar-refractivity contribution in [2.75, 3.05) is 13.1 Å². The van der Waals surface area contributed by atoms with E-state index in [-0.39, 0.29) is 17.4 Å². The second-order valence-corrected chi connectivity index (χ2v) is 9.51. The molecule has 1 amide bonds. The number of likely N-dealkylation sites (tertiary alicyclic amines) is 1. The van der Waals surface area contributed by atoms with Crippen LogP contribution in [0.1, 0.15) is 49.9 Å². The van der Waals surface area contributed by atoms with Gasteiger partial charge >= 0.3 is 0 Å². The Morgan fingerprint density at radius 2 is 1.81 bits per heavy atom. The largest absolute Gasteiger partial charge is 0.369 e. The number of amides is 1. The lowest BCUT2D eigenvalue weighted by Gasteiger charge is -2.44. The van der Waals surface area contributed by atoms with Gasteiger partial charge in [-0.15, -0.1) is 0 Å². The maximum absolute atomic E-state index is 11.7. The Hall–Kier alpha value is -2.37. The maximum Gasteiger partial charge on any atom is 0.220 e. The number of aryl methyl sites for hydroxylation is 1. The number of piperidine rings is 1. The molecule has 6 heteroatoms. The van der Waals surface area contributed by atoms with E-state index in [2.05, 4.69) is 45.9 Å². The number of nitrogens with two attached hydrogens (primary N) is 1. The molecule has 3 aromatic rings. The van der Waals surface area contributed by atoms with Gasteiger partial charge in [0, 0.05) is 16.6 Å². The molecule has 2 heterocycles. The molecule has 2 fully saturated rings. The number of aromatic nitrogens is 2. The molecule has 31 heavy (non-hydrogen) atoms. The molecule has 2 aromatic carbocycles. The lowest BCUT2D eigenvalue weighted by Crippen LogP contribution is -2.50. The maximum atomic E-state index is 11.7. The molecule has 0 radical (unpaired) electrons. The van der Waals surface area contributed by atoms with Crippen molar-refractivity contribution in [1.29, 1.82) is 0 Å². The molecule has 1 aliphatic heterocycles. The van der Waals surface area contributed by atoms with Gasteiger partial charge in [-0.1, -0.05) is 42.6 Å². The number of carbonyl (C=O) groups excluding carboxylic acids is 1. The van der Waals surface area contributed by atoms with Gasteiger partial charge in [-0.05, 0) is 75.5 Å². The van der Waals surface area contributed by atoms with Crippen LogP contribution in [0.5, 0.6) is 0 Å². The quantitative estimate of drug-likeness (QED) is 0.629. The van der Waals surface area contributed by atoms with E-state index < -0.39 is 0 Å². The van der Waals surface area contributed by atoms with Gasteiger partial charge in [0.1, 0.15) is 5.82 Å². The third-order valence-electron chi connectivity index (χ3n) is 7.30. The summed E-state index contributed by atoms with van der Waals surface area (Å²) in [4.78, 5) is 19.6. The summed E-state index contributed by atoms with van der Waals surface area (Å²) in [5, 5.41) is 0.763. The van der Waals surface area contributed by atoms with E-state index in [1.54, 1.807) is 0 Å². The van der Waals surface area contributed by atoms with Crippen LogP contribution in [-0.4, -0.2) is 33.4 Å². The summed E-state index contributed by atoms with van der Waals surface area (Å²) in [6, 6.07) is 14.6. The average molecular weight is 437 g/mol. The van der Waals surface area contributed by atoms with Crippen LogP contribution in [0.3, 0.4) is 0 Å². The topological polar surface area (TPSA) is 64.2 Å². The summed E-state index contributed by atoms with van der Waals surface area (Å²) in [7, 11) is 0. The minimum Gasteiger partial charge on any atom is -0.369 e. The average Bonchev–Trinajstić information content (AvgIpc) is 3.41. The highest BCUT2D eigenvalue weighted by atomic mass is 35.5. The van der Waals surface area contributed by atoms with E-state index in [0.717, 1.165) is 71.9 Å². The second-order valence-electron chi connectivity index (χ2n) is 9.10. The van der Waals surface area contributed by atoms with Crippen LogP contribution in [0.15, 0.2) is 42.5 Å². The molecule has 0 atom stereocenters. The molecule has 0 unspecified atom stereocenters. The predicted molar refractivity (Wildman–Crippen MR) is 124 cm³/mol. The first-order valence-corrected chi connectivity index (χ1v) is 11.7. The van der Waals surface area contributed by atoms with Crippen LogP contribution in [0, 0.1) is 12.8 Å². The van der Waals surface area contributed by atoms with Crippen molar-refractivity contribution in [3.05, 3.63) is 58.9 Å². The minimum atomic E-state index is -0.165. The predicted octanol–water partition coefficient (Wildman–Crippen LogP) is 4.95. The summed E-state index contributed by atoms with van der Waals surface area (Å²) in [6.07, 6.45) is 6.19. The Kier molecular flexibility index (Phi) is 5.27. The Morgan fingerprint density at radius 1 is 1.13 bits per heavy atom. The SMILES string of the molecule is Cc1cc2nc(C3(N4CCC(C(N)=O)CC4)CCCC3)n(-c3ccccc3)c2cc1Cl. The van der Waals surface area contributed by atoms with E-state index in [1.807, 2.05) is 13.0 Å². The Morgan fingerprint density at radius 3 is 2.45 bits per heavy atom. The lowest BCUT2D eigenvalue weighted by molar-refractivity contribution is -0.123.